The first-order valence-electron chi connectivity index (χ1n) is 11.2. The van der Waals surface area contributed by atoms with Gasteiger partial charge in [0.05, 0.1) is 27.0 Å². The van der Waals surface area contributed by atoms with Crippen LogP contribution in [0.1, 0.15) is 20.8 Å². The zero-order valence-corrected chi connectivity index (χ0v) is 20.0. The van der Waals surface area contributed by atoms with Gasteiger partial charge < -0.3 is 14.5 Å². The molecule has 1 amide bonds. The molecule has 2 atom stereocenters. The molecule has 0 N–H and O–H groups in total. The number of nitrogens with zero attached hydrogens (tertiary/aromatic N) is 3. The fourth-order valence-electron chi connectivity index (χ4n) is 4.66. The maximum atomic E-state index is 13.6. The molecule has 0 aliphatic carbocycles. The van der Waals surface area contributed by atoms with Gasteiger partial charge in [-0.1, -0.05) is 18.2 Å². The standard InChI is InChI=1S/C25H26FN3O4S/c1-25(2,3)33-24(30)29-14-17-13-28(15-22(17)29)21-9-4-6-16-10-20(12-27-23(16)21)34(31,32)19-8-5-7-18(26)11-19/h4-12,17,22H,13-15H2,1-3H3. The first-order valence-corrected chi connectivity index (χ1v) is 12.7. The van der Waals surface area contributed by atoms with Crippen molar-refractivity contribution in [2.24, 2.45) is 5.92 Å². The number of benzene rings is 2. The van der Waals surface area contributed by atoms with Crippen molar-refractivity contribution in [3.05, 3.63) is 60.5 Å². The van der Waals surface area contributed by atoms with E-state index < -0.39 is 21.3 Å². The van der Waals surface area contributed by atoms with Crippen molar-refractivity contribution >= 4 is 32.5 Å². The summed E-state index contributed by atoms with van der Waals surface area (Å²) in [4.78, 5) is 20.9. The first-order chi connectivity index (χ1) is 16.0. The fraction of sp³-hybridized carbons (Fsp3) is 0.360. The van der Waals surface area contributed by atoms with Crippen molar-refractivity contribution < 1.29 is 22.3 Å². The summed E-state index contributed by atoms with van der Waals surface area (Å²) in [5.41, 5.74) is 1.04. The van der Waals surface area contributed by atoms with Crippen LogP contribution in [0.15, 0.2) is 64.5 Å². The lowest BCUT2D eigenvalue weighted by molar-refractivity contribution is -0.0163. The highest BCUT2D eigenvalue weighted by atomic mass is 32.2. The topological polar surface area (TPSA) is 79.8 Å². The van der Waals surface area contributed by atoms with Crippen LogP contribution < -0.4 is 4.90 Å². The van der Waals surface area contributed by atoms with Crippen molar-refractivity contribution in [2.45, 2.75) is 42.2 Å². The van der Waals surface area contributed by atoms with Crippen molar-refractivity contribution in [3.8, 4) is 0 Å². The molecular weight excluding hydrogens is 457 g/mol. The lowest BCUT2D eigenvalue weighted by Gasteiger charge is -2.43. The number of carbonyl (C=O) groups excluding carboxylic acids is 1. The van der Waals surface area contributed by atoms with Crippen LogP contribution in [0.4, 0.5) is 14.9 Å². The lowest BCUT2D eigenvalue weighted by atomic mass is 9.93. The van der Waals surface area contributed by atoms with Crippen LogP contribution in [0, 0.1) is 11.7 Å². The van der Waals surface area contributed by atoms with Crippen molar-refractivity contribution in [2.75, 3.05) is 24.5 Å². The number of sulfone groups is 1. The minimum atomic E-state index is -3.90. The summed E-state index contributed by atoms with van der Waals surface area (Å²) in [6.45, 7) is 7.67. The predicted octanol–water partition coefficient (Wildman–Crippen LogP) is 4.26. The number of fused-ring (bicyclic) bond motifs is 2. The third-order valence-corrected chi connectivity index (χ3v) is 8.01. The van der Waals surface area contributed by atoms with E-state index in [-0.39, 0.29) is 21.9 Å². The summed E-state index contributed by atoms with van der Waals surface area (Å²) in [5, 5.41) is 0.679. The molecule has 3 heterocycles. The molecular formula is C25H26FN3O4S. The van der Waals surface area contributed by atoms with E-state index in [1.54, 1.807) is 11.0 Å². The molecule has 0 radical (unpaired) electrons. The van der Waals surface area contributed by atoms with Crippen LogP contribution in [-0.2, 0) is 14.6 Å². The molecule has 7 nitrogen and oxygen atoms in total. The maximum absolute atomic E-state index is 13.6. The molecule has 9 heteroatoms. The predicted molar refractivity (Wildman–Crippen MR) is 126 cm³/mol. The average molecular weight is 484 g/mol. The van der Waals surface area contributed by atoms with Crippen molar-refractivity contribution in [1.82, 2.24) is 9.88 Å². The summed E-state index contributed by atoms with van der Waals surface area (Å²) in [6.07, 6.45) is 1.03. The number of hydrogen-bond donors (Lipinski definition) is 0. The van der Waals surface area contributed by atoms with Gasteiger partial charge in [-0.3, -0.25) is 4.98 Å². The number of amides is 1. The van der Waals surface area contributed by atoms with Crippen molar-refractivity contribution in [1.29, 1.82) is 0 Å². The molecule has 0 spiro atoms. The zero-order valence-electron chi connectivity index (χ0n) is 19.2. The summed E-state index contributed by atoms with van der Waals surface area (Å²) in [7, 11) is -3.90. The number of carbonyl (C=O) groups is 1. The van der Waals surface area contributed by atoms with Crippen LogP contribution >= 0.6 is 0 Å². The SMILES string of the molecule is CC(C)(C)OC(=O)N1CC2CN(c3cccc4cc(S(=O)(=O)c5cccc(F)c5)cnc34)CC21. The highest BCUT2D eigenvalue weighted by molar-refractivity contribution is 7.91. The Morgan fingerprint density at radius 1 is 1.06 bits per heavy atom. The van der Waals surface area contributed by atoms with Gasteiger partial charge in [-0.15, -0.1) is 0 Å². The smallest absolute Gasteiger partial charge is 0.410 e. The normalized spacial score (nSPS) is 20.2. The number of aromatic nitrogens is 1. The molecule has 34 heavy (non-hydrogen) atoms. The third-order valence-electron chi connectivity index (χ3n) is 6.29. The summed E-state index contributed by atoms with van der Waals surface area (Å²) in [6, 6.07) is 12.2. The van der Waals surface area contributed by atoms with E-state index in [4.69, 9.17) is 4.74 Å². The Kier molecular flexibility index (Phi) is 5.27. The van der Waals surface area contributed by atoms with E-state index >= 15 is 0 Å². The molecule has 0 saturated carbocycles. The number of pyridine rings is 1. The average Bonchev–Trinajstić information content (AvgIpc) is 3.07. The van der Waals surface area contributed by atoms with Gasteiger partial charge in [0.15, 0.2) is 0 Å². The quantitative estimate of drug-likeness (QED) is 0.554. The monoisotopic (exact) mass is 483 g/mol. The molecule has 2 aliphatic rings. The minimum Gasteiger partial charge on any atom is -0.444 e. The van der Waals surface area contributed by atoms with Crippen LogP contribution in [0.2, 0.25) is 0 Å². The van der Waals surface area contributed by atoms with Crippen LogP contribution in [0.25, 0.3) is 10.9 Å². The fourth-order valence-corrected chi connectivity index (χ4v) is 5.93. The van der Waals surface area contributed by atoms with E-state index in [0.29, 0.717) is 29.9 Å². The summed E-state index contributed by atoms with van der Waals surface area (Å²) < 4.78 is 45.1. The molecule has 3 aromatic rings. The second kappa shape index (κ2) is 7.94. The largest absolute Gasteiger partial charge is 0.444 e. The number of hydrogen-bond acceptors (Lipinski definition) is 6. The molecule has 1 aromatic heterocycles. The first kappa shape index (κ1) is 22.6. The Morgan fingerprint density at radius 2 is 1.82 bits per heavy atom. The Hall–Kier alpha value is -3.20. The Bertz CT molecular complexity index is 1390. The van der Waals surface area contributed by atoms with Gasteiger partial charge in [0, 0.05) is 37.1 Å². The highest BCUT2D eigenvalue weighted by Crippen LogP contribution is 2.38. The molecule has 2 unspecified atom stereocenters. The minimum absolute atomic E-state index is 0.0142. The van der Waals surface area contributed by atoms with Gasteiger partial charge in [-0.25, -0.2) is 17.6 Å². The van der Waals surface area contributed by atoms with Gasteiger partial charge in [-0.05, 0) is 51.1 Å². The summed E-state index contributed by atoms with van der Waals surface area (Å²) >= 11 is 0. The van der Waals surface area contributed by atoms with Gasteiger partial charge in [0.25, 0.3) is 0 Å². The van der Waals surface area contributed by atoms with Gasteiger partial charge in [0.1, 0.15) is 11.4 Å². The molecule has 0 bridgehead atoms. The van der Waals surface area contributed by atoms with Gasteiger partial charge >= 0.3 is 6.09 Å². The number of likely N-dealkylation sites (tertiary alicyclic amines) is 1. The zero-order chi connectivity index (χ0) is 24.3. The maximum Gasteiger partial charge on any atom is 0.410 e. The van der Waals surface area contributed by atoms with Gasteiger partial charge in [0.2, 0.25) is 9.84 Å². The Labute approximate surface area is 198 Å². The van der Waals surface area contributed by atoms with E-state index in [2.05, 4.69) is 9.88 Å². The number of ether oxygens (including phenoxy) is 1. The Balaban J connectivity index is 1.40. The molecule has 178 valence electrons. The molecule has 2 saturated heterocycles. The van der Waals surface area contributed by atoms with Crippen LogP contribution in [0.5, 0.6) is 0 Å². The molecule has 2 aliphatic heterocycles. The lowest BCUT2D eigenvalue weighted by Crippen LogP contribution is -2.59. The van der Waals surface area contributed by atoms with Gasteiger partial charge in [-0.2, -0.15) is 0 Å². The summed E-state index contributed by atoms with van der Waals surface area (Å²) in [5.74, 6) is -0.253. The van der Waals surface area contributed by atoms with Crippen LogP contribution in [0.3, 0.4) is 0 Å². The van der Waals surface area contributed by atoms with Crippen LogP contribution in [-0.4, -0.2) is 55.7 Å². The number of para-hydroxylation sites is 1. The number of rotatable bonds is 3. The van der Waals surface area contributed by atoms with Crippen molar-refractivity contribution in [3.63, 3.8) is 0 Å². The second-order valence-corrected chi connectivity index (χ2v) is 11.8. The molecule has 2 fully saturated rings. The van der Waals surface area contributed by atoms with E-state index in [1.807, 2.05) is 39.0 Å². The molecule has 5 rings (SSSR count). The second-order valence-electron chi connectivity index (χ2n) is 9.85. The van der Waals surface area contributed by atoms with E-state index in [9.17, 15) is 17.6 Å². The Morgan fingerprint density at radius 3 is 2.56 bits per heavy atom. The van der Waals surface area contributed by atoms with E-state index in [1.165, 1.54) is 24.4 Å². The third kappa shape index (κ3) is 3.98. The highest BCUT2D eigenvalue weighted by Gasteiger charge is 2.49. The number of halogens is 1. The van der Waals surface area contributed by atoms with E-state index in [0.717, 1.165) is 18.3 Å². The molecule has 2 aromatic carbocycles. The number of anilines is 1.